The summed E-state index contributed by atoms with van der Waals surface area (Å²) in [7, 11) is 0. The first kappa shape index (κ1) is 15.9. The van der Waals surface area contributed by atoms with E-state index in [2.05, 4.69) is 15.5 Å². The monoisotopic (exact) mass is 325 g/mol. The molecule has 0 radical (unpaired) electrons. The first-order valence-electron chi connectivity index (χ1n) is 7.75. The van der Waals surface area contributed by atoms with Crippen molar-refractivity contribution in [1.82, 2.24) is 5.32 Å². The Balaban J connectivity index is 1.96. The molecular weight excluding hydrogens is 306 g/mol. The van der Waals surface area contributed by atoms with Gasteiger partial charge in [-0.1, -0.05) is 24.3 Å². The van der Waals surface area contributed by atoms with E-state index < -0.39 is 6.09 Å². The highest BCUT2D eigenvalue weighted by Gasteiger charge is 2.26. The first-order chi connectivity index (χ1) is 11.5. The molecule has 6 heteroatoms. The van der Waals surface area contributed by atoms with Crippen molar-refractivity contribution >= 4 is 29.1 Å². The molecule has 1 unspecified atom stereocenters. The van der Waals surface area contributed by atoms with Crippen LogP contribution < -0.4 is 15.5 Å². The fourth-order valence-corrected chi connectivity index (χ4v) is 3.07. The van der Waals surface area contributed by atoms with Gasteiger partial charge < -0.3 is 20.6 Å². The summed E-state index contributed by atoms with van der Waals surface area (Å²) in [5.41, 5.74) is 3.77. The highest BCUT2D eigenvalue weighted by molar-refractivity contribution is 5.89. The molecule has 0 fully saturated rings. The number of carboxylic acid groups (broad SMARTS) is 1. The van der Waals surface area contributed by atoms with Crippen LogP contribution in [-0.4, -0.2) is 29.7 Å². The lowest BCUT2D eigenvalue weighted by Gasteiger charge is -2.36. The number of fused-ring (bicyclic) bond motifs is 1. The summed E-state index contributed by atoms with van der Waals surface area (Å²) >= 11 is 0. The summed E-state index contributed by atoms with van der Waals surface area (Å²) in [5, 5.41) is 14.4. The Labute approximate surface area is 140 Å². The fourth-order valence-electron chi connectivity index (χ4n) is 3.07. The lowest BCUT2D eigenvalue weighted by molar-refractivity contribution is -0.114. The predicted molar refractivity (Wildman–Crippen MR) is 92.8 cm³/mol. The highest BCUT2D eigenvalue weighted by atomic mass is 16.4. The lowest BCUT2D eigenvalue weighted by Crippen LogP contribution is -2.46. The number of hydrogen-bond acceptors (Lipinski definition) is 3. The molecule has 0 spiro atoms. The maximum absolute atomic E-state index is 11.3. The molecule has 0 bridgehead atoms. The summed E-state index contributed by atoms with van der Waals surface area (Å²) in [6.45, 7) is 2.00. The lowest BCUT2D eigenvalue weighted by atomic mass is 9.97. The van der Waals surface area contributed by atoms with Crippen molar-refractivity contribution in [3.8, 4) is 0 Å². The number of carbonyl (C=O) groups is 2. The van der Waals surface area contributed by atoms with Crippen molar-refractivity contribution in [1.29, 1.82) is 0 Å². The van der Waals surface area contributed by atoms with Gasteiger partial charge in [-0.2, -0.15) is 0 Å². The van der Waals surface area contributed by atoms with Crippen molar-refractivity contribution < 1.29 is 14.7 Å². The van der Waals surface area contributed by atoms with E-state index in [1.54, 1.807) is 0 Å². The quantitative estimate of drug-likeness (QED) is 0.810. The van der Waals surface area contributed by atoms with Crippen LogP contribution in [0.5, 0.6) is 0 Å². The van der Waals surface area contributed by atoms with Gasteiger partial charge in [0, 0.05) is 30.5 Å². The minimum atomic E-state index is -1.02. The third-order valence-corrected chi connectivity index (χ3v) is 3.96. The smallest absolute Gasteiger partial charge is 0.404 e. The molecule has 3 N–H and O–H groups in total. The summed E-state index contributed by atoms with van der Waals surface area (Å²) < 4.78 is 0. The van der Waals surface area contributed by atoms with Gasteiger partial charge in [0.15, 0.2) is 0 Å². The van der Waals surface area contributed by atoms with Gasteiger partial charge in [0.2, 0.25) is 5.91 Å². The number of nitrogens with zero attached hydrogens (tertiary/aromatic N) is 1. The molecule has 2 aromatic rings. The molecule has 0 aliphatic carbocycles. The Morgan fingerprint density at radius 3 is 2.71 bits per heavy atom. The van der Waals surface area contributed by atoms with Crippen LogP contribution in [0.3, 0.4) is 0 Å². The van der Waals surface area contributed by atoms with Gasteiger partial charge in [-0.25, -0.2) is 4.79 Å². The van der Waals surface area contributed by atoms with Gasteiger partial charge >= 0.3 is 6.09 Å². The van der Waals surface area contributed by atoms with E-state index in [1.807, 2.05) is 48.5 Å². The summed E-state index contributed by atoms with van der Waals surface area (Å²) in [6, 6.07) is 15.3. The van der Waals surface area contributed by atoms with Crippen LogP contribution in [0.2, 0.25) is 0 Å². The average Bonchev–Trinajstić information content (AvgIpc) is 2.53. The molecule has 2 aromatic carbocycles. The molecule has 0 saturated carbocycles. The van der Waals surface area contributed by atoms with Crippen molar-refractivity contribution in [3.05, 3.63) is 54.1 Å². The summed E-state index contributed by atoms with van der Waals surface area (Å²) in [5.74, 6) is -0.128. The van der Waals surface area contributed by atoms with Crippen molar-refractivity contribution in [3.63, 3.8) is 0 Å². The SMILES string of the molecule is CC(=O)Nc1cccc(N2CC(NC(=O)O)Cc3ccccc32)c1. The Kier molecular flexibility index (Phi) is 4.37. The van der Waals surface area contributed by atoms with Crippen LogP contribution in [0.1, 0.15) is 12.5 Å². The number of anilines is 3. The molecule has 1 aliphatic heterocycles. The molecule has 3 rings (SSSR count). The van der Waals surface area contributed by atoms with E-state index in [1.165, 1.54) is 6.92 Å². The van der Waals surface area contributed by atoms with Gasteiger partial charge in [-0.3, -0.25) is 4.79 Å². The van der Waals surface area contributed by atoms with E-state index in [0.29, 0.717) is 18.7 Å². The standard InChI is InChI=1S/C18H19N3O3/c1-12(22)19-14-6-4-7-16(10-14)21-11-15(20-18(23)24)9-13-5-2-3-8-17(13)21/h2-8,10,15,20H,9,11H2,1H3,(H,19,22)(H,23,24). The largest absolute Gasteiger partial charge is 0.465 e. The summed E-state index contributed by atoms with van der Waals surface area (Å²) in [6.07, 6.45) is -0.365. The Morgan fingerprint density at radius 1 is 1.17 bits per heavy atom. The second kappa shape index (κ2) is 6.62. The molecule has 1 aliphatic rings. The minimum Gasteiger partial charge on any atom is -0.465 e. The Morgan fingerprint density at radius 2 is 1.96 bits per heavy atom. The zero-order chi connectivity index (χ0) is 17.1. The molecule has 6 nitrogen and oxygen atoms in total. The molecule has 1 atom stereocenters. The molecule has 0 saturated heterocycles. The van der Waals surface area contributed by atoms with Gasteiger partial charge in [0.05, 0.1) is 6.04 Å². The topological polar surface area (TPSA) is 81.7 Å². The zero-order valence-corrected chi connectivity index (χ0v) is 13.3. The summed E-state index contributed by atoms with van der Waals surface area (Å²) in [4.78, 5) is 24.4. The minimum absolute atomic E-state index is 0.128. The van der Waals surface area contributed by atoms with E-state index in [-0.39, 0.29) is 11.9 Å². The first-order valence-corrected chi connectivity index (χ1v) is 7.75. The number of para-hydroxylation sites is 1. The predicted octanol–water partition coefficient (Wildman–Crippen LogP) is 2.98. The number of amides is 2. The third-order valence-electron chi connectivity index (χ3n) is 3.96. The van der Waals surface area contributed by atoms with E-state index in [0.717, 1.165) is 16.9 Å². The van der Waals surface area contributed by atoms with Gasteiger partial charge in [-0.05, 0) is 36.2 Å². The van der Waals surface area contributed by atoms with E-state index in [4.69, 9.17) is 5.11 Å². The molecule has 0 aromatic heterocycles. The van der Waals surface area contributed by atoms with Crippen LogP contribution in [-0.2, 0) is 11.2 Å². The Hall–Kier alpha value is -3.02. The third kappa shape index (κ3) is 3.48. The maximum Gasteiger partial charge on any atom is 0.404 e. The van der Waals surface area contributed by atoms with Crippen LogP contribution >= 0.6 is 0 Å². The van der Waals surface area contributed by atoms with Crippen molar-refractivity contribution in [2.24, 2.45) is 0 Å². The number of hydrogen-bond donors (Lipinski definition) is 3. The van der Waals surface area contributed by atoms with Crippen molar-refractivity contribution in [2.45, 2.75) is 19.4 Å². The van der Waals surface area contributed by atoms with E-state index >= 15 is 0 Å². The molecule has 24 heavy (non-hydrogen) atoms. The Bertz CT molecular complexity index is 776. The number of benzene rings is 2. The second-order valence-electron chi connectivity index (χ2n) is 5.82. The zero-order valence-electron chi connectivity index (χ0n) is 13.3. The fraction of sp³-hybridized carbons (Fsp3) is 0.222. The number of carbonyl (C=O) groups excluding carboxylic acids is 1. The molecule has 124 valence electrons. The van der Waals surface area contributed by atoms with Gasteiger partial charge in [0.25, 0.3) is 0 Å². The second-order valence-corrected chi connectivity index (χ2v) is 5.82. The van der Waals surface area contributed by atoms with Crippen LogP contribution in [0, 0.1) is 0 Å². The van der Waals surface area contributed by atoms with Crippen LogP contribution in [0.4, 0.5) is 21.9 Å². The molecule has 1 heterocycles. The van der Waals surface area contributed by atoms with Gasteiger partial charge in [0.1, 0.15) is 0 Å². The maximum atomic E-state index is 11.3. The highest BCUT2D eigenvalue weighted by Crippen LogP contribution is 2.34. The number of nitrogens with one attached hydrogen (secondary N) is 2. The normalized spacial score (nSPS) is 16.2. The van der Waals surface area contributed by atoms with Gasteiger partial charge in [-0.15, -0.1) is 0 Å². The average molecular weight is 325 g/mol. The van der Waals surface area contributed by atoms with E-state index in [9.17, 15) is 9.59 Å². The van der Waals surface area contributed by atoms with Crippen molar-refractivity contribution in [2.75, 3.05) is 16.8 Å². The number of rotatable bonds is 3. The van der Waals surface area contributed by atoms with Crippen LogP contribution in [0.25, 0.3) is 0 Å². The van der Waals surface area contributed by atoms with Crippen LogP contribution in [0.15, 0.2) is 48.5 Å². The molecular formula is C18H19N3O3. The molecule has 2 amide bonds.